The van der Waals surface area contributed by atoms with Gasteiger partial charge in [-0.25, -0.2) is 4.79 Å². The van der Waals surface area contributed by atoms with Crippen molar-refractivity contribution in [1.29, 1.82) is 0 Å². The van der Waals surface area contributed by atoms with Gasteiger partial charge >= 0.3 is 5.97 Å². The third-order valence-electron chi connectivity index (χ3n) is 3.02. The van der Waals surface area contributed by atoms with Gasteiger partial charge in [0.15, 0.2) is 0 Å². The highest BCUT2D eigenvalue weighted by molar-refractivity contribution is 7.09. The van der Waals surface area contributed by atoms with Crippen molar-refractivity contribution in [2.24, 2.45) is 0 Å². The lowest BCUT2D eigenvalue weighted by Gasteiger charge is -2.21. The van der Waals surface area contributed by atoms with Crippen molar-refractivity contribution in [2.45, 2.75) is 31.7 Å². The van der Waals surface area contributed by atoms with Gasteiger partial charge < -0.3 is 10.0 Å². The average Bonchev–Trinajstić information content (AvgIpc) is 2.96. The van der Waals surface area contributed by atoms with Crippen molar-refractivity contribution in [3.05, 3.63) is 22.4 Å². The molecule has 0 bridgehead atoms. The zero-order valence-electron chi connectivity index (χ0n) is 9.46. The number of thiophene rings is 1. The maximum absolute atomic E-state index is 11.9. The second-order valence-electron chi connectivity index (χ2n) is 4.16. The van der Waals surface area contributed by atoms with Gasteiger partial charge in [-0.05, 0) is 30.7 Å². The maximum Gasteiger partial charge on any atom is 0.326 e. The summed E-state index contributed by atoms with van der Waals surface area (Å²) in [5, 5.41) is 11.0. The molecule has 1 amide bonds. The van der Waals surface area contributed by atoms with Crippen molar-refractivity contribution < 1.29 is 14.7 Å². The van der Waals surface area contributed by atoms with Crippen LogP contribution in [0.5, 0.6) is 0 Å². The van der Waals surface area contributed by atoms with E-state index in [1.807, 2.05) is 17.5 Å². The van der Waals surface area contributed by atoms with Crippen molar-refractivity contribution in [2.75, 3.05) is 6.54 Å². The quantitative estimate of drug-likeness (QED) is 0.889. The van der Waals surface area contributed by atoms with E-state index in [0.29, 0.717) is 25.8 Å². The molecule has 1 aromatic rings. The van der Waals surface area contributed by atoms with Crippen LogP contribution >= 0.6 is 11.3 Å². The Morgan fingerprint density at radius 2 is 2.35 bits per heavy atom. The van der Waals surface area contributed by atoms with Crippen LogP contribution in [-0.4, -0.2) is 34.5 Å². The summed E-state index contributed by atoms with van der Waals surface area (Å²) < 4.78 is 0. The third-order valence-corrected chi connectivity index (χ3v) is 3.96. The number of hydrogen-bond donors (Lipinski definition) is 1. The van der Waals surface area contributed by atoms with Crippen LogP contribution in [0.3, 0.4) is 0 Å². The molecule has 4 nitrogen and oxygen atoms in total. The summed E-state index contributed by atoms with van der Waals surface area (Å²) in [7, 11) is 0. The minimum atomic E-state index is -0.882. The van der Waals surface area contributed by atoms with E-state index in [-0.39, 0.29) is 5.91 Å². The first-order chi connectivity index (χ1) is 8.18. The van der Waals surface area contributed by atoms with E-state index in [9.17, 15) is 9.59 Å². The van der Waals surface area contributed by atoms with E-state index < -0.39 is 12.0 Å². The molecule has 17 heavy (non-hydrogen) atoms. The second-order valence-corrected chi connectivity index (χ2v) is 5.20. The number of rotatable bonds is 4. The first-order valence-electron chi connectivity index (χ1n) is 5.73. The molecule has 1 N–H and O–H groups in total. The molecule has 92 valence electrons. The molecule has 1 aliphatic heterocycles. The molecule has 1 atom stereocenters. The van der Waals surface area contributed by atoms with Crippen LogP contribution in [0.15, 0.2) is 17.5 Å². The number of likely N-dealkylation sites (tertiary alicyclic amines) is 1. The van der Waals surface area contributed by atoms with Crippen LogP contribution < -0.4 is 0 Å². The zero-order chi connectivity index (χ0) is 12.3. The van der Waals surface area contributed by atoms with Gasteiger partial charge in [0.05, 0.1) is 0 Å². The van der Waals surface area contributed by atoms with Gasteiger partial charge in [0.25, 0.3) is 0 Å². The zero-order valence-corrected chi connectivity index (χ0v) is 10.3. The normalized spacial score (nSPS) is 19.5. The Morgan fingerprint density at radius 3 is 3.00 bits per heavy atom. The van der Waals surface area contributed by atoms with Gasteiger partial charge in [-0.3, -0.25) is 4.79 Å². The third kappa shape index (κ3) is 2.85. The van der Waals surface area contributed by atoms with Crippen molar-refractivity contribution in [3.8, 4) is 0 Å². The minimum Gasteiger partial charge on any atom is -0.480 e. The van der Waals surface area contributed by atoms with Gasteiger partial charge in [-0.2, -0.15) is 0 Å². The molecule has 0 spiro atoms. The number of aliphatic carboxylic acids is 1. The van der Waals surface area contributed by atoms with Crippen LogP contribution in [0.2, 0.25) is 0 Å². The van der Waals surface area contributed by atoms with Gasteiger partial charge in [0.1, 0.15) is 6.04 Å². The standard InChI is InChI=1S/C12H15NO3S/c14-11(6-5-9-3-2-8-17-9)13-7-1-4-10(13)12(15)16/h2-3,8,10H,1,4-7H2,(H,15,16)/t10-/m0/s1. The van der Waals surface area contributed by atoms with Crippen LogP contribution in [0.1, 0.15) is 24.1 Å². The van der Waals surface area contributed by atoms with Gasteiger partial charge in [-0.1, -0.05) is 6.07 Å². The summed E-state index contributed by atoms with van der Waals surface area (Å²) in [5.41, 5.74) is 0. The van der Waals surface area contributed by atoms with Crippen molar-refractivity contribution >= 4 is 23.2 Å². The summed E-state index contributed by atoms with van der Waals surface area (Å²) in [5.74, 6) is -0.921. The van der Waals surface area contributed by atoms with Crippen molar-refractivity contribution in [1.82, 2.24) is 4.90 Å². The van der Waals surface area contributed by atoms with E-state index in [4.69, 9.17) is 5.11 Å². The molecule has 1 aliphatic rings. The molecule has 0 saturated carbocycles. The number of carbonyl (C=O) groups excluding carboxylic acids is 1. The van der Waals surface area contributed by atoms with Gasteiger partial charge in [-0.15, -0.1) is 11.3 Å². The smallest absolute Gasteiger partial charge is 0.326 e. The number of carboxylic acid groups (broad SMARTS) is 1. The van der Waals surface area contributed by atoms with E-state index in [1.165, 1.54) is 9.78 Å². The van der Waals surface area contributed by atoms with Crippen molar-refractivity contribution in [3.63, 3.8) is 0 Å². The molecule has 0 aromatic carbocycles. The van der Waals surface area contributed by atoms with Crippen LogP contribution in [0, 0.1) is 0 Å². The lowest BCUT2D eigenvalue weighted by molar-refractivity contribution is -0.148. The summed E-state index contributed by atoms with van der Waals surface area (Å²) in [6, 6.07) is 3.35. The molecule has 0 unspecified atom stereocenters. The monoisotopic (exact) mass is 253 g/mol. The fourth-order valence-electron chi connectivity index (χ4n) is 2.15. The van der Waals surface area contributed by atoms with Crippen LogP contribution in [0.4, 0.5) is 0 Å². The Hall–Kier alpha value is -1.36. The lowest BCUT2D eigenvalue weighted by atomic mass is 10.2. The highest BCUT2D eigenvalue weighted by Crippen LogP contribution is 2.19. The predicted octanol–water partition coefficient (Wildman–Crippen LogP) is 1.76. The van der Waals surface area contributed by atoms with E-state index in [0.717, 1.165) is 6.42 Å². The highest BCUT2D eigenvalue weighted by atomic mass is 32.1. The van der Waals surface area contributed by atoms with E-state index in [2.05, 4.69) is 0 Å². The first-order valence-corrected chi connectivity index (χ1v) is 6.61. The Morgan fingerprint density at radius 1 is 1.53 bits per heavy atom. The molecule has 0 aliphatic carbocycles. The highest BCUT2D eigenvalue weighted by Gasteiger charge is 2.33. The minimum absolute atomic E-state index is 0.0386. The fourth-order valence-corrected chi connectivity index (χ4v) is 2.86. The molecule has 1 fully saturated rings. The molecular formula is C12H15NO3S. The Labute approximate surface area is 104 Å². The molecule has 0 radical (unpaired) electrons. The number of amides is 1. The average molecular weight is 253 g/mol. The molecular weight excluding hydrogens is 238 g/mol. The molecule has 2 heterocycles. The maximum atomic E-state index is 11.9. The summed E-state index contributed by atoms with van der Waals surface area (Å²) >= 11 is 1.63. The summed E-state index contributed by atoms with van der Waals surface area (Å²) in [4.78, 5) is 25.6. The van der Waals surface area contributed by atoms with E-state index >= 15 is 0 Å². The Kier molecular flexibility index (Phi) is 3.78. The first kappa shape index (κ1) is 12.1. The largest absolute Gasteiger partial charge is 0.480 e. The molecule has 1 saturated heterocycles. The molecule has 2 rings (SSSR count). The topological polar surface area (TPSA) is 57.6 Å². The number of hydrogen-bond acceptors (Lipinski definition) is 3. The summed E-state index contributed by atoms with van der Waals surface area (Å²) in [6.07, 6.45) is 2.49. The van der Waals surface area contributed by atoms with Gasteiger partial charge in [0.2, 0.25) is 5.91 Å². The molecule has 5 heteroatoms. The Balaban J connectivity index is 1.89. The van der Waals surface area contributed by atoms with Gasteiger partial charge in [0, 0.05) is 17.8 Å². The number of nitrogens with zero attached hydrogens (tertiary/aromatic N) is 1. The summed E-state index contributed by atoms with van der Waals surface area (Å²) in [6.45, 7) is 0.584. The van der Waals surface area contributed by atoms with E-state index in [1.54, 1.807) is 11.3 Å². The molecule has 1 aromatic heterocycles. The fraction of sp³-hybridized carbons (Fsp3) is 0.500. The second kappa shape index (κ2) is 5.31. The number of carbonyl (C=O) groups is 2. The number of carboxylic acids is 1. The Bertz CT molecular complexity index is 402. The lowest BCUT2D eigenvalue weighted by Crippen LogP contribution is -2.40. The SMILES string of the molecule is O=C(O)[C@@H]1CCCN1C(=O)CCc1cccs1. The van der Waals surface area contributed by atoms with Crippen LogP contribution in [0.25, 0.3) is 0 Å². The predicted molar refractivity (Wildman–Crippen MR) is 65.0 cm³/mol. The number of aryl methyl sites for hydroxylation is 1. The van der Waals surface area contributed by atoms with Crippen LogP contribution in [-0.2, 0) is 16.0 Å².